The molecule has 0 saturated carbocycles. The molecule has 0 radical (unpaired) electrons. The predicted octanol–water partition coefficient (Wildman–Crippen LogP) is 3.37. The highest BCUT2D eigenvalue weighted by molar-refractivity contribution is 5.90. The summed E-state index contributed by atoms with van der Waals surface area (Å²) in [5.74, 6) is 2.33. The van der Waals surface area contributed by atoms with Crippen LogP contribution in [0.15, 0.2) is 35.1 Å². The molecule has 0 saturated heterocycles. The molecule has 3 aromatic rings. The van der Waals surface area contributed by atoms with E-state index in [2.05, 4.69) is 16.9 Å². The first-order chi connectivity index (χ1) is 14.5. The molecule has 1 heterocycles. The van der Waals surface area contributed by atoms with E-state index in [1.807, 2.05) is 36.2 Å². The van der Waals surface area contributed by atoms with Crippen molar-refractivity contribution in [1.82, 2.24) is 9.97 Å². The lowest BCUT2D eigenvalue weighted by Crippen LogP contribution is -2.23. The number of nitrogens with zero attached hydrogens (tertiary/aromatic N) is 2. The summed E-state index contributed by atoms with van der Waals surface area (Å²) < 4.78 is 21.9. The van der Waals surface area contributed by atoms with Crippen molar-refractivity contribution in [2.75, 3.05) is 39.9 Å². The molecule has 0 fully saturated rings. The van der Waals surface area contributed by atoms with Crippen LogP contribution in [0.5, 0.6) is 23.0 Å². The summed E-state index contributed by atoms with van der Waals surface area (Å²) in [5.41, 5.74) is 1.17. The molecule has 2 aromatic carbocycles. The van der Waals surface area contributed by atoms with Crippen molar-refractivity contribution in [2.24, 2.45) is 0 Å². The molecule has 1 aromatic heterocycles. The van der Waals surface area contributed by atoms with E-state index >= 15 is 0 Å². The van der Waals surface area contributed by atoms with E-state index in [0.717, 1.165) is 17.7 Å². The van der Waals surface area contributed by atoms with Crippen molar-refractivity contribution in [1.29, 1.82) is 0 Å². The smallest absolute Gasteiger partial charge is 0.264 e. The number of aromatic amines is 1. The third-order valence-corrected chi connectivity index (χ3v) is 4.64. The highest BCUT2D eigenvalue weighted by atomic mass is 16.5. The highest BCUT2D eigenvalue weighted by Crippen LogP contribution is 2.41. The van der Waals surface area contributed by atoms with Crippen molar-refractivity contribution >= 4 is 16.9 Å². The maximum absolute atomic E-state index is 12.9. The number of ether oxygens (including phenoxy) is 4. The minimum Gasteiger partial charge on any atom is -0.494 e. The fourth-order valence-corrected chi connectivity index (χ4v) is 3.24. The Kier molecular flexibility index (Phi) is 6.66. The molecule has 0 aliphatic heterocycles. The molecule has 0 unspecified atom stereocenters. The minimum atomic E-state index is -0.320. The molecule has 0 amide bonds. The number of methoxy groups -OCH3 is 3. The Morgan fingerprint density at radius 3 is 2.50 bits per heavy atom. The first-order valence-electron chi connectivity index (χ1n) is 9.68. The quantitative estimate of drug-likeness (QED) is 0.576. The van der Waals surface area contributed by atoms with E-state index in [-0.39, 0.29) is 11.3 Å². The number of hydrogen-bond donors (Lipinski definition) is 1. The van der Waals surface area contributed by atoms with Gasteiger partial charge in [0.05, 0.1) is 33.5 Å². The Labute approximate surface area is 175 Å². The maximum Gasteiger partial charge on any atom is 0.264 e. The summed E-state index contributed by atoms with van der Waals surface area (Å²) in [4.78, 5) is 22.2. The van der Waals surface area contributed by atoms with Crippen LogP contribution in [0.2, 0.25) is 0 Å². The topological polar surface area (TPSA) is 85.9 Å². The van der Waals surface area contributed by atoms with Crippen LogP contribution < -0.4 is 29.4 Å². The molecular formula is C22H27N3O5. The van der Waals surface area contributed by atoms with E-state index in [1.54, 1.807) is 6.07 Å². The first kappa shape index (κ1) is 21.3. The number of anilines is 1. The van der Waals surface area contributed by atoms with Crippen LogP contribution in [0.4, 0.5) is 5.95 Å². The van der Waals surface area contributed by atoms with Crippen LogP contribution in [0.3, 0.4) is 0 Å². The fourth-order valence-electron chi connectivity index (χ4n) is 3.24. The van der Waals surface area contributed by atoms with E-state index in [9.17, 15) is 4.79 Å². The van der Waals surface area contributed by atoms with Gasteiger partial charge < -0.3 is 23.8 Å². The summed E-state index contributed by atoms with van der Waals surface area (Å²) in [6.45, 7) is 3.28. The standard InChI is InChI=1S/C22H27N3O5/c1-6-10-30-15-9-7-8-14(11-15)13-25(2)22-23-16-12-17(27-3)19(28-4)20(29-5)18(16)21(26)24-22/h7-9,11-12H,6,10,13H2,1-5H3,(H,23,24,26). The van der Waals surface area contributed by atoms with Crippen LogP contribution in [0, 0.1) is 0 Å². The number of H-pyrrole nitrogens is 1. The van der Waals surface area contributed by atoms with Crippen molar-refractivity contribution in [2.45, 2.75) is 19.9 Å². The van der Waals surface area contributed by atoms with Crippen molar-refractivity contribution < 1.29 is 18.9 Å². The van der Waals surface area contributed by atoms with Crippen LogP contribution in [-0.4, -0.2) is 45.0 Å². The van der Waals surface area contributed by atoms with E-state index < -0.39 is 0 Å². The van der Waals surface area contributed by atoms with E-state index in [0.29, 0.717) is 41.5 Å². The zero-order valence-corrected chi connectivity index (χ0v) is 17.9. The zero-order valence-electron chi connectivity index (χ0n) is 17.9. The average Bonchev–Trinajstić information content (AvgIpc) is 2.76. The van der Waals surface area contributed by atoms with Crippen molar-refractivity contribution in [3.05, 3.63) is 46.2 Å². The number of fused-ring (bicyclic) bond motifs is 1. The van der Waals surface area contributed by atoms with Gasteiger partial charge in [-0.3, -0.25) is 9.78 Å². The van der Waals surface area contributed by atoms with Crippen LogP contribution in [0.1, 0.15) is 18.9 Å². The van der Waals surface area contributed by atoms with E-state index in [1.165, 1.54) is 21.3 Å². The molecule has 0 spiro atoms. The molecule has 8 heteroatoms. The van der Waals surface area contributed by atoms with Gasteiger partial charge in [0.15, 0.2) is 11.5 Å². The van der Waals surface area contributed by atoms with Gasteiger partial charge in [-0.25, -0.2) is 4.98 Å². The molecule has 160 valence electrons. The summed E-state index contributed by atoms with van der Waals surface area (Å²) in [7, 11) is 6.36. The minimum absolute atomic E-state index is 0.288. The Balaban J connectivity index is 1.97. The first-order valence-corrected chi connectivity index (χ1v) is 9.68. The number of rotatable bonds is 9. The zero-order chi connectivity index (χ0) is 21.7. The summed E-state index contributed by atoms with van der Waals surface area (Å²) in [6.07, 6.45) is 0.948. The average molecular weight is 413 g/mol. The number of aromatic nitrogens is 2. The van der Waals surface area contributed by atoms with Crippen LogP contribution in [0.25, 0.3) is 10.9 Å². The lowest BCUT2D eigenvalue weighted by molar-refractivity contribution is 0.317. The summed E-state index contributed by atoms with van der Waals surface area (Å²) in [6, 6.07) is 9.55. The Morgan fingerprint density at radius 1 is 1.07 bits per heavy atom. The molecule has 3 rings (SSSR count). The predicted molar refractivity (Wildman–Crippen MR) is 116 cm³/mol. The van der Waals surface area contributed by atoms with Crippen molar-refractivity contribution in [3.8, 4) is 23.0 Å². The van der Waals surface area contributed by atoms with Gasteiger partial charge in [0.25, 0.3) is 5.56 Å². The van der Waals surface area contributed by atoms with Crippen LogP contribution in [-0.2, 0) is 6.54 Å². The second-order valence-electron chi connectivity index (χ2n) is 6.78. The summed E-state index contributed by atoms with van der Waals surface area (Å²) >= 11 is 0. The number of nitrogens with one attached hydrogen (secondary N) is 1. The third kappa shape index (κ3) is 4.27. The third-order valence-electron chi connectivity index (χ3n) is 4.64. The van der Waals surface area contributed by atoms with Gasteiger partial charge in [0.1, 0.15) is 11.1 Å². The normalized spacial score (nSPS) is 10.7. The van der Waals surface area contributed by atoms with E-state index in [4.69, 9.17) is 18.9 Å². The van der Waals surface area contributed by atoms with Gasteiger partial charge in [-0.05, 0) is 24.1 Å². The largest absolute Gasteiger partial charge is 0.494 e. The van der Waals surface area contributed by atoms with Gasteiger partial charge in [0.2, 0.25) is 11.7 Å². The molecule has 0 bridgehead atoms. The Bertz CT molecular complexity index is 1080. The highest BCUT2D eigenvalue weighted by Gasteiger charge is 2.20. The fraction of sp³-hybridized carbons (Fsp3) is 0.364. The molecule has 0 aliphatic carbocycles. The van der Waals surface area contributed by atoms with Gasteiger partial charge in [0, 0.05) is 19.7 Å². The maximum atomic E-state index is 12.9. The van der Waals surface area contributed by atoms with Gasteiger partial charge in [-0.2, -0.15) is 0 Å². The molecule has 0 atom stereocenters. The molecule has 0 aliphatic rings. The molecule has 1 N–H and O–H groups in total. The second kappa shape index (κ2) is 9.39. The summed E-state index contributed by atoms with van der Waals surface area (Å²) in [5, 5.41) is 0.308. The van der Waals surface area contributed by atoms with Crippen molar-refractivity contribution in [3.63, 3.8) is 0 Å². The SMILES string of the molecule is CCCOc1cccc(CN(C)c2nc3cc(OC)c(OC)c(OC)c3c(=O)[nH]2)c1. The van der Waals surface area contributed by atoms with Gasteiger partial charge in [-0.1, -0.05) is 19.1 Å². The van der Waals surface area contributed by atoms with Gasteiger partial charge in [-0.15, -0.1) is 0 Å². The molecule has 30 heavy (non-hydrogen) atoms. The van der Waals surface area contributed by atoms with Crippen LogP contribution >= 0.6 is 0 Å². The lowest BCUT2D eigenvalue weighted by atomic mass is 10.2. The molecule has 8 nitrogen and oxygen atoms in total. The second-order valence-corrected chi connectivity index (χ2v) is 6.78. The number of hydrogen-bond acceptors (Lipinski definition) is 7. The monoisotopic (exact) mass is 413 g/mol. The Morgan fingerprint density at radius 2 is 1.83 bits per heavy atom. The molecular weight excluding hydrogens is 386 g/mol. The Hall–Kier alpha value is -3.42. The van der Waals surface area contributed by atoms with Gasteiger partial charge >= 0.3 is 0 Å². The lowest BCUT2D eigenvalue weighted by Gasteiger charge is -2.19. The number of benzene rings is 2.